The minimum Gasteiger partial charge on any atom is -0.354 e. The van der Waals surface area contributed by atoms with E-state index in [0.29, 0.717) is 12.2 Å². The third-order valence-corrected chi connectivity index (χ3v) is 4.06. The van der Waals surface area contributed by atoms with Crippen molar-refractivity contribution in [3.8, 4) is 0 Å². The Labute approximate surface area is 153 Å². The number of carbonyl (C=O) groups excluding carboxylic acids is 1. The second-order valence-corrected chi connectivity index (χ2v) is 5.85. The average molecular weight is 347 g/mol. The lowest BCUT2D eigenvalue weighted by molar-refractivity contribution is 0.0958. The van der Waals surface area contributed by atoms with Crippen molar-refractivity contribution in [2.75, 3.05) is 18.5 Å². The number of benzene rings is 1. The smallest absolute Gasteiger partial charge is 0.271 e. The SMILES string of the molecule is CNC(=O)c1cnc(N(CCc2ccccc2)Cc2ccncc2)cn1. The highest BCUT2D eigenvalue weighted by atomic mass is 16.1. The van der Waals surface area contributed by atoms with Crippen LogP contribution in [0.5, 0.6) is 0 Å². The second kappa shape index (κ2) is 8.71. The molecule has 1 amide bonds. The number of rotatable bonds is 7. The Bertz CT molecular complexity index is 822. The molecule has 0 unspecified atom stereocenters. The Morgan fingerprint density at radius 1 is 1.00 bits per heavy atom. The van der Waals surface area contributed by atoms with Crippen LogP contribution in [0, 0.1) is 0 Å². The molecule has 2 heterocycles. The lowest BCUT2D eigenvalue weighted by Crippen LogP contribution is -2.27. The monoisotopic (exact) mass is 347 g/mol. The molecule has 1 N–H and O–H groups in total. The molecular weight excluding hydrogens is 326 g/mol. The standard InChI is InChI=1S/C20H21N5O/c1-21-20(26)18-13-24-19(14-23-18)25(15-17-7-10-22-11-8-17)12-9-16-5-3-2-4-6-16/h2-8,10-11,13-14H,9,12,15H2,1H3,(H,21,26). The van der Waals surface area contributed by atoms with E-state index in [1.807, 2.05) is 30.3 Å². The number of hydrogen-bond acceptors (Lipinski definition) is 5. The van der Waals surface area contributed by atoms with Crippen molar-refractivity contribution in [3.63, 3.8) is 0 Å². The van der Waals surface area contributed by atoms with E-state index in [1.54, 1.807) is 25.6 Å². The molecule has 0 radical (unpaired) electrons. The number of aromatic nitrogens is 3. The molecule has 0 saturated carbocycles. The van der Waals surface area contributed by atoms with Crippen molar-refractivity contribution in [2.45, 2.75) is 13.0 Å². The Morgan fingerprint density at radius 3 is 2.42 bits per heavy atom. The summed E-state index contributed by atoms with van der Waals surface area (Å²) in [5, 5.41) is 2.55. The van der Waals surface area contributed by atoms with Crippen LogP contribution in [0.4, 0.5) is 5.82 Å². The van der Waals surface area contributed by atoms with Crippen molar-refractivity contribution in [1.82, 2.24) is 20.3 Å². The third kappa shape index (κ3) is 4.63. The molecule has 6 heteroatoms. The predicted molar refractivity (Wildman–Crippen MR) is 101 cm³/mol. The maximum atomic E-state index is 11.7. The van der Waals surface area contributed by atoms with Crippen LogP contribution in [0.15, 0.2) is 67.3 Å². The summed E-state index contributed by atoms with van der Waals surface area (Å²) in [6.45, 7) is 1.49. The first kappa shape index (κ1) is 17.5. The molecule has 0 aliphatic carbocycles. The van der Waals surface area contributed by atoms with Gasteiger partial charge in [-0.05, 0) is 29.7 Å². The van der Waals surface area contributed by atoms with Crippen LogP contribution in [0.2, 0.25) is 0 Å². The van der Waals surface area contributed by atoms with Crippen LogP contribution in [-0.2, 0) is 13.0 Å². The molecule has 2 aromatic heterocycles. The van der Waals surface area contributed by atoms with Gasteiger partial charge in [0.1, 0.15) is 11.5 Å². The molecule has 0 fully saturated rings. The fourth-order valence-electron chi connectivity index (χ4n) is 2.62. The Morgan fingerprint density at radius 2 is 1.77 bits per heavy atom. The van der Waals surface area contributed by atoms with Gasteiger partial charge in [0.05, 0.1) is 12.4 Å². The maximum Gasteiger partial charge on any atom is 0.271 e. The Kier molecular flexibility index (Phi) is 5.88. The number of pyridine rings is 1. The quantitative estimate of drug-likeness (QED) is 0.711. The van der Waals surface area contributed by atoms with E-state index in [9.17, 15) is 4.79 Å². The molecule has 0 spiro atoms. The van der Waals surface area contributed by atoms with Gasteiger partial charge in [-0.3, -0.25) is 9.78 Å². The topological polar surface area (TPSA) is 71.0 Å². The normalized spacial score (nSPS) is 10.3. The van der Waals surface area contributed by atoms with Gasteiger partial charge >= 0.3 is 0 Å². The molecular formula is C20H21N5O. The zero-order valence-corrected chi connectivity index (χ0v) is 14.7. The first-order valence-corrected chi connectivity index (χ1v) is 8.48. The second-order valence-electron chi connectivity index (χ2n) is 5.85. The fraction of sp³-hybridized carbons (Fsp3) is 0.200. The summed E-state index contributed by atoms with van der Waals surface area (Å²) >= 11 is 0. The number of nitrogens with one attached hydrogen (secondary N) is 1. The molecule has 0 saturated heterocycles. The summed E-state index contributed by atoms with van der Waals surface area (Å²) < 4.78 is 0. The molecule has 0 aliphatic heterocycles. The van der Waals surface area contributed by atoms with Crippen LogP contribution in [0.25, 0.3) is 0 Å². The molecule has 3 rings (SSSR count). The Hall–Kier alpha value is -3.28. The van der Waals surface area contributed by atoms with Gasteiger partial charge in [0, 0.05) is 32.5 Å². The molecule has 3 aromatic rings. The van der Waals surface area contributed by atoms with E-state index >= 15 is 0 Å². The summed E-state index contributed by atoms with van der Waals surface area (Å²) in [6.07, 6.45) is 7.62. The van der Waals surface area contributed by atoms with Gasteiger partial charge in [0.15, 0.2) is 0 Å². The number of anilines is 1. The lowest BCUT2D eigenvalue weighted by Gasteiger charge is -2.23. The van der Waals surface area contributed by atoms with Crippen molar-refractivity contribution in [1.29, 1.82) is 0 Å². The summed E-state index contributed by atoms with van der Waals surface area (Å²) in [5.41, 5.74) is 2.72. The van der Waals surface area contributed by atoms with Crippen LogP contribution in [-0.4, -0.2) is 34.5 Å². The first-order chi connectivity index (χ1) is 12.8. The van der Waals surface area contributed by atoms with Crippen molar-refractivity contribution in [2.24, 2.45) is 0 Å². The third-order valence-electron chi connectivity index (χ3n) is 4.06. The van der Waals surface area contributed by atoms with Crippen molar-refractivity contribution < 1.29 is 4.79 Å². The molecule has 0 aliphatic rings. The van der Waals surface area contributed by atoms with E-state index < -0.39 is 0 Å². The van der Waals surface area contributed by atoms with Gasteiger partial charge in [0.25, 0.3) is 5.91 Å². The first-order valence-electron chi connectivity index (χ1n) is 8.48. The van der Waals surface area contributed by atoms with E-state index in [1.165, 1.54) is 11.8 Å². The van der Waals surface area contributed by atoms with Crippen LogP contribution < -0.4 is 10.2 Å². The molecule has 6 nitrogen and oxygen atoms in total. The Balaban J connectivity index is 1.78. The van der Waals surface area contributed by atoms with Crippen LogP contribution in [0.3, 0.4) is 0 Å². The molecule has 0 atom stereocenters. The fourth-order valence-corrected chi connectivity index (χ4v) is 2.62. The summed E-state index contributed by atoms with van der Waals surface area (Å²) in [6, 6.07) is 14.3. The number of hydrogen-bond donors (Lipinski definition) is 1. The highest BCUT2D eigenvalue weighted by Crippen LogP contribution is 2.15. The zero-order chi connectivity index (χ0) is 18.2. The van der Waals surface area contributed by atoms with Gasteiger partial charge in [0.2, 0.25) is 0 Å². The summed E-state index contributed by atoms with van der Waals surface area (Å²) in [5.74, 6) is 0.499. The number of carbonyl (C=O) groups is 1. The van der Waals surface area contributed by atoms with Gasteiger partial charge in [-0.2, -0.15) is 0 Å². The predicted octanol–water partition coefficient (Wildman–Crippen LogP) is 2.48. The van der Waals surface area contributed by atoms with E-state index in [0.717, 1.165) is 24.3 Å². The van der Waals surface area contributed by atoms with Crippen LogP contribution >= 0.6 is 0 Å². The highest BCUT2D eigenvalue weighted by molar-refractivity contribution is 5.91. The minimum absolute atomic E-state index is 0.242. The molecule has 26 heavy (non-hydrogen) atoms. The maximum absolute atomic E-state index is 11.7. The number of amides is 1. The number of nitrogens with zero attached hydrogens (tertiary/aromatic N) is 4. The largest absolute Gasteiger partial charge is 0.354 e. The van der Waals surface area contributed by atoms with Gasteiger partial charge in [-0.1, -0.05) is 30.3 Å². The minimum atomic E-state index is -0.242. The van der Waals surface area contributed by atoms with Gasteiger partial charge in [-0.25, -0.2) is 9.97 Å². The average Bonchev–Trinajstić information content (AvgIpc) is 2.72. The lowest BCUT2D eigenvalue weighted by atomic mass is 10.1. The summed E-state index contributed by atoms with van der Waals surface area (Å²) in [4.78, 5) is 26.6. The zero-order valence-electron chi connectivity index (χ0n) is 14.7. The van der Waals surface area contributed by atoms with Gasteiger partial charge < -0.3 is 10.2 Å². The highest BCUT2D eigenvalue weighted by Gasteiger charge is 2.12. The van der Waals surface area contributed by atoms with Crippen molar-refractivity contribution in [3.05, 3.63) is 84.1 Å². The molecule has 132 valence electrons. The van der Waals surface area contributed by atoms with Crippen LogP contribution in [0.1, 0.15) is 21.6 Å². The molecule has 1 aromatic carbocycles. The van der Waals surface area contributed by atoms with E-state index in [2.05, 4.69) is 37.3 Å². The summed E-state index contributed by atoms with van der Waals surface area (Å²) in [7, 11) is 1.58. The molecule has 0 bridgehead atoms. The van der Waals surface area contributed by atoms with E-state index in [-0.39, 0.29) is 5.91 Å². The van der Waals surface area contributed by atoms with Gasteiger partial charge in [-0.15, -0.1) is 0 Å². The van der Waals surface area contributed by atoms with E-state index in [4.69, 9.17) is 0 Å². The van der Waals surface area contributed by atoms with Crippen molar-refractivity contribution >= 4 is 11.7 Å².